The first-order valence-corrected chi connectivity index (χ1v) is 6.86. The van der Waals surface area contributed by atoms with Crippen LogP contribution in [0.3, 0.4) is 0 Å². The third kappa shape index (κ3) is 2.85. The van der Waals surface area contributed by atoms with Gasteiger partial charge in [-0.05, 0) is 37.5 Å². The van der Waals surface area contributed by atoms with Crippen LogP contribution in [0.5, 0.6) is 0 Å². The van der Waals surface area contributed by atoms with Gasteiger partial charge in [0.25, 0.3) is 0 Å². The summed E-state index contributed by atoms with van der Waals surface area (Å²) >= 11 is 0. The fraction of sp³-hybridized carbons (Fsp3) is 0.600. The lowest BCUT2D eigenvalue weighted by atomic mass is 9.91. The van der Waals surface area contributed by atoms with Gasteiger partial charge in [0.15, 0.2) is 0 Å². The summed E-state index contributed by atoms with van der Waals surface area (Å²) in [4.78, 5) is 2.20. The molecule has 0 radical (unpaired) electrons. The molecular weight excluding hydrogens is 224 g/mol. The molecule has 18 heavy (non-hydrogen) atoms. The van der Waals surface area contributed by atoms with E-state index < -0.39 is 0 Å². The van der Waals surface area contributed by atoms with Gasteiger partial charge in [0.2, 0.25) is 0 Å². The lowest BCUT2D eigenvalue weighted by Crippen LogP contribution is -2.43. The van der Waals surface area contributed by atoms with Crippen LogP contribution in [0, 0.1) is 0 Å². The largest absolute Gasteiger partial charge is 0.391 e. The number of anilines is 1. The van der Waals surface area contributed by atoms with Gasteiger partial charge < -0.3 is 15.7 Å². The summed E-state index contributed by atoms with van der Waals surface area (Å²) in [6, 6.07) is 8.67. The van der Waals surface area contributed by atoms with E-state index in [1.807, 2.05) is 6.92 Å². The van der Waals surface area contributed by atoms with Gasteiger partial charge in [-0.2, -0.15) is 0 Å². The Labute approximate surface area is 110 Å². The molecule has 3 atom stereocenters. The molecule has 1 saturated carbocycles. The lowest BCUT2D eigenvalue weighted by molar-refractivity contribution is 0.106. The zero-order valence-electron chi connectivity index (χ0n) is 11.3. The molecule has 1 aromatic rings. The Morgan fingerprint density at radius 1 is 1.22 bits per heavy atom. The quantitative estimate of drug-likeness (QED) is 0.864. The zero-order chi connectivity index (χ0) is 13.1. The van der Waals surface area contributed by atoms with Gasteiger partial charge in [0.05, 0.1) is 12.1 Å². The van der Waals surface area contributed by atoms with E-state index in [0.717, 1.165) is 30.5 Å². The van der Waals surface area contributed by atoms with Crippen molar-refractivity contribution < 1.29 is 5.11 Å². The number of aliphatic hydroxyl groups is 1. The number of aliphatic hydroxyl groups excluding tert-OH is 1. The van der Waals surface area contributed by atoms with Gasteiger partial charge in [-0.3, -0.25) is 0 Å². The minimum absolute atomic E-state index is 0.0737. The van der Waals surface area contributed by atoms with Gasteiger partial charge in [-0.15, -0.1) is 0 Å². The predicted molar refractivity (Wildman–Crippen MR) is 75.7 cm³/mol. The third-order valence-corrected chi connectivity index (χ3v) is 4.02. The highest BCUT2D eigenvalue weighted by Crippen LogP contribution is 2.27. The maximum atomic E-state index is 10.1. The van der Waals surface area contributed by atoms with Crippen molar-refractivity contribution in [2.45, 2.75) is 50.8 Å². The van der Waals surface area contributed by atoms with Crippen molar-refractivity contribution in [3.05, 3.63) is 29.8 Å². The van der Waals surface area contributed by atoms with Gasteiger partial charge in [0.1, 0.15) is 0 Å². The van der Waals surface area contributed by atoms with Gasteiger partial charge in [-0.25, -0.2) is 0 Å². The van der Waals surface area contributed by atoms with E-state index in [2.05, 4.69) is 36.2 Å². The van der Waals surface area contributed by atoms with Crippen LogP contribution in [-0.2, 0) is 0 Å². The number of benzene rings is 1. The van der Waals surface area contributed by atoms with Crippen molar-refractivity contribution in [1.29, 1.82) is 0 Å². The monoisotopic (exact) mass is 248 g/mol. The molecule has 0 saturated heterocycles. The van der Waals surface area contributed by atoms with Crippen molar-refractivity contribution in [2.75, 3.05) is 11.9 Å². The molecule has 0 amide bonds. The molecule has 3 heteroatoms. The number of nitrogens with zero attached hydrogens (tertiary/aromatic N) is 1. The molecule has 2 rings (SSSR count). The standard InChI is InChI=1S/C15H24N2O/c1-11(16)12-7-9-13(10-8-12)17(2)14-5-3-4-6-15(14)18/h7-11,14-15,18H,3-6,16H2,1-2H3. The first-order chi connectivity index (χ1) is 8.59. The maximum absolute atomic E-state index is 10.1. The second-order valence-electron chi connectivity index (χ2n) is 5.41. The average molecular weight is 248 g/mol. The molecule has 0 spiro atoms. The van der Waals surface area contributed by atoms with Crippen molar-refractivity contribution >= 4 is 5.69 Å². The summed E-state index contributed by atoms with van der Waals surface area (Å²) in [6.45, 7) is 1.99. The van der Waals surface area contributed by atoms with E-state index in [4.69, 9.17) is 5.73 Å². The van der Waals surface area contributed by atoms with Crippen LogP contribution in [0.25, 0.3) is 0 Å². The Morgan fingerprint density at radius 2 is 1.83 bits per heavy atom. The normalized spacial score (nSPS) is 25.8. The van der Waals surface area contributed by atoms with Gasteiger partial charge in [0, 0.05) is 18.8 Å². The van der Waals surface area contributed by atoms with Crippen LogP contribution in [0.2, 0.25) is 0 Å². The highest BCUT2D eigenvalue weighted by Gasteiger charge is 2.26. The molecule has 3 unspecified atom stereocenters. The second kappa shape index (κ2) is 5.72. The van der Waals surface area contributed by atoms with E-state index in [1.54, 1.807) is 0 Å². The Morgan fingerprint density at radius 3 is 2.39 bits per heavy atom. The topological polar surface area (TPSA) is 49.5 Å². The van der Waals surface area contributed by atoms with Crippen molar-refractivity contribution in [1.82, 2.24) is 0 Å². The summed E-state index contributed by atoms with van der Waals surface area (Å²) in [6.07, 6.45) is 4.16. The molecule has 1 aromatic carbocycles. The second-order valence-corrected chi connectivity index (χ2v) is 5.41. The van der Waals surface area contributed by atoms with E-state index in [-0.39, 0.29) is 18.2 Å². The number of likely N-dealkylation sites (N-methyl/N-ethyl adjacent to an activating group) is 1. The fourth-order valence-corrected chi connectivity index (χ4v) is 2.75. The summed E-state index contributed by atoms with van der Waals surface area (Å²) in [5.74, 6) is 0. The lowest BCUT2D eigenvalue weighted by Gasteiger charge is -2.36. The molecular formula is C15H24N2O. The molecule has 0 aliphatic heterocycles. The molecule has 0 bridgehead atoms. The van der Waals surface area contributed by atoms with Crippen LogP contribution < -0.4 is 10.6 Å². The van der Waals surface area contributed by atoms with Crippen LogP contribution in [0.1, 0.15) is 44.2 Å². The minimum Gasteiger partial charge on any atom is -0.391 e. The van der Waals surface area contributed by atoms with E-state index in [0.29, 0.717) is 0 Å². The molecule has 0 heterocycles. The van der Waals surface area contributed by atoms with E-state index >= 15 is 0 Å². The Hall–Kier alpha value is -1.06. The van der Waals surface area contributed by atoms with Gasteiger partial charge in [-0.1, -0.05) is 25.0 Å². The first-order valence-electron chi connectivity index (χ1n) is 6.86. The smallest absolute Gasteiger partial charge is 0.0743 e. The number of nitrogens with two attached hydrogens (primary N) is 1. The third-order valence-electron chi connectivity index (χ3n) is 4.02. The molecule has 1 fully saturated rings. The first kappa shape index (κ1) is 13.4. The molecule has 3 nitrogen and oxygen atoms in total. The minimum atomic E-state index is -0.197. The summed E-state index contributed by atoms with van der Waals surface area (Å²) < 4.78 is 0. The zero-order valence-corrected chi connectivity index (χ0v) is 11.3. The number of hydrogen-bond donors (Lipinski definition) is 2. The summed E-state index contributed by atoms with van der Waals surface area (Å²) in [5.41, 5.74) is 8.16. The van der Waals surface area contributed by atoms with E-state index in [1.165, 1.54) is 6.42 Å². The van der Waals surface area contributed by atoms with Crippen molar-refractivity contribution in [3.63, 3.8) is 0 Å². The average Bonchev–Trinajstić information content (AvgIpc) is 2.38. The maximum Gasteiger partial charge on any atom is 0.0743 e. The van der Waals surface area contributed by atoms with Crippen LogP contribution in [0.15, 0.2) is 24.3 Å². The van der Waals surface area contributed by atoms with Crippen molar-refractivity contribution in [2.24, 2.45) is 5.73 Å². The number of hydrogen-bond acceptors (Lipinski definition) is 3. The predicted octanol–water partition coefficient (Wildman–Crippen LogP) is 2.45. The number of rotatable bonds is 3. The van der Waals surface area contributed by atoms with Crippen molar-refractivity contribution in [3.8, 4) is 0 Å². The summed E-state index contributed by atoms with van der Waals surface area (Å²) in [5, 5.41) is 10.1. The molecule has 0 aromatic heterocycles. The molecule has 1 aliphatic carbocycles. The SMILES string of the molecule is CC(N)c1ccc(N(C)C2CCCCC2O)cc1. The molecule has 100 valence electrons. The summed E-state index contributed by atoms with van der Waals surface area (Å²) in [7, 11) is 2.07. The van der Waals surface area contributed by atoms with Gasteiger partial charge >= 0.3 is 0 Å². The van der Waals surface area contributed by atoms with Crippen LogP contribution >= 0.6 is 0 Å². The molecule has 1 aliphatic rings. The fourth-order valence-electron chi connectivity index (χ4n) is 2.75. The van der Waals surface area contributed by atoms with Crippen LogP contribution in [-0.4, -0.2) is 24.3 Å². The Kier molecular flexibility index (Phi) is 4.25. The highest BCUT2D eigenvalue weighted by atomic mass is 16.3. The highest BCUT2D eigenvalue weighted by molar-refractivity contribution is 5.48. The molecule has 3 N–H and O–H groups in total. The Bertz CT molecular complexity index is 375. The Balaban J connectivity index is 2.10. The van der Waals surface area contributed by atoms with E-state index in [9.17, 15) is 5.11 Å². The van der Waals surface area contributed by atoms with Crippen LogP contribution in [0.4, 0.5) is 5.69 Å².